The number of piperidine rings is 1. The summed E-state index contributed by atoms with van der Waals surface area (Å²) in [4.78, 5) is 26.2. The van der Waals surface area contributed by atoms with Crippen molar-refractivity contribution in [1.82, 2.24) is 4.90 Å². The van der Waals surface area contributed by atoms with Crippen LogP contribution in [-0.2, 0) is 4.79 Å². The van der Waals surface area contributed by atoms with Gasteiger partial charge in [-0.2, -0.15) is 5.26 Å². The summed E-state index contributed by atoms with van der Waals surface area (Å²) < 4.78 is 0. The smallest absolute Gasteiger partial charge is 0.232 e. The van der Waals surface area contributed by atoms with Gasteiger partial charge in [0.1, 0.15) is 0 Å². The second kappa shape index (κ2) is 8.21. The number of amides is 1. The number of nitrogens with zero attached hydrogens (tertiary/aromatic N) is 2. The first-order valence-electron chi connectivity index (χ1n) is 7.14. The number of hydrogen-bond donors (Lipinski definition) is 0. The van der Waals surface area contributed by atoms with Crippen LogP contribution in [0.3, 0.4) is 0 Å². The van der Waals surface area contributed by atoms with Crippen molar-refractivity contribution in [3.05, 3.63) is 34.9 Å². The maximum Gasteiger partial charge on any atom is 0.232 e. The van der Waals surface area contributed by atoms with Crippen LogP contribution in [0.2, 0.25) is 5.02 Å². The van der Waals surface area contributed by atoms with Crippen LogP contribution in [0.1, 0.15) is 23.2 Å². The molecule has 1 aliphatic heterocycles. The minimum absolute atomic E-state index is 0.0306. The number of ketones is 1. The Morgan fingerprint density at radius 1 is 1.27 bits per heavy atom. The Balaban J connectivity index is 1.84. The molecule has 4 nitrogen and oxygen atoms in total. The third-order valence-electron chi connectivity index (χ3n) is 3.74. The summed E-state index contributed by atoms with van der Waals surface area (Å²) in [6, 6.07) is 8.95. The third kappa shape index (κ3) is 4.49. The molecule has 1 amide bonds. The number of hydrogen-bond acceptors (Lipinski definition) is 4. The zero-order valence-corrected chi connectivity index (χ0v) is 13.7. The molecule has 0 aromatic heterocycles. The molecule has 0 N–H and O–H groups in total. The van der Waals surface area contributed by atoms with Gasteiger partial charge in [-0.1, -0.05) is 11.6 Å². The lowest BCUT2D eigenvalue weighted by Gasteiger charge is -2.31. The van der Waals surface area contributed by atoms with Crippen molar-refractivity contribution < 1.29 is 9.59 Å². The predicted octanol–water partition coefficient (Wildman–Crippen LogP) is 3.02. The summed E-state index contributed by atoms with van der Waals surface area (Å²) in [6.07, 6.45) is 1.38. The van der Waals surface area contributed by atoms with E-state index in [1.54, 1.807) is 29.2 Å². The van der Waals surface area contributed by atoms with Crippen LogP contribution >= 0.6 is 23.4 Å². The molecule has 1 heterocycles. The molecule has 22 heavy (non-hydrogen) atoms. The zero-order chi connectivity index (χ0) is 15.9. The predicted molar refractivity (Wildman–Crippen MR) is 88.0 cm³/mol. The number of likely N-dealkylation sites (tertiary alicyclic amines) is 1. The van der Waals surface area contributed by atoms with Gasteiger partial charge < -0.3 is 4.90 Å². The van der Waals surface area contributed by atoms with Gasteiger partial charge in [0.05, 0.1) is 17.6 Å². The first-order chi connectivity index (χ1) is 10.6. The Labute approximate surface area is 139 Å². The number of nitriles is 1. The summed E-state index contributed by atoms with van der Waals surface area (Å²) in [7, 11) is 0. The molecule has 6 heteroatoms. The van der Waals surface area contributed by atoms with E-state index in [1.165, 1.54) is 11.8 Å². The van der Waals surface area contributed by atoms with Gasteiger partial charge in [-0.05, 0) is 37.1 Å². The fourth-order valence-electron chi connectivity index (χ4n) is 2.52. The van der Waals surface area contributed by atoms with Crippen LogP contribution in [0.25, 0.3) is 0 Å². The zero-order valence-electron chi connectivity index (χ0n) is 12.1. The maximum atomic E-state index is 12.4. The van der Waals surface area contributed by atoms with Gasteiger partial charge in [-0.25, -0.2) is 0 Å². The van der Waals surface area contributed by atoms with Gasteiger partial charge in [0.2, 0.25) is 5.91 Å². The molecular weight excluding hydrogens is 320 g/mol. The van der Waals surface area contributed by atoms with Crippen molar-refractivity contribution in [3.8, 4) is 6.07 Å². The van der Waals surface area contributed by atoms with Crippen LogP contribution in [0, 0.1) is 17.2 Å². The Morgan fingerprint density at radius 3 is 2.50 bits per heavy atom. The lowest BCUT2D eigenvalue weighted by Crippen LogP contribution is -2.41. The van der Waals surface area contributed by atoms with E-state index >= 15 is 0 Å². The molecule has 1 aromatic carbocycles. The van der Waals surface area contributed by atoms with Crippen molar-refractivity contribution in [2.75, 3.05) is 24.6 Å². The van der Waals surface area contributed by atoms with Gasteiger partial charge in [-0.3, -0.25) is 9.59 Å². The van der Waals surface area contributed by atoms with Crippen molar-refractivity contribution in [1.29, 1.82) is 5.26 Å². The maximum absolute atomic E-state index is 12.4. The average Bonchev–Trinajstić information content (AvgIpc) is 2.55. The highest BCUT2D eigenvalue weighted by atomic mass is 35.5. The van der Waals surface area contributed by atoms with E-state index in [0.29, 0.717) is 48.0 Å². The number of halogens is 1. The number of carbonyl (C=O) groups is 2. The Kier molecular flexibility index (Phi) is 6.29. The first kappa shape index (κ1) is 16.9. The van der Waals surface area contributed by atoms with Crippen molar-refractivity contribution in [2.45, 2.75) is 12.8 Å². The number of carbonyl (C=O) groups excluding carboxylic acids is 2. The summed E-state index contributed by atoms with van der Waals surface area (Å²) in [5.41, 5.74) is 0.679. The summed E-state index contributed by atoms with van der Waals surface area (Å²) in [6.45, 7) is 1.21. The van der Waals surface area contributed by atoms with Crippen LogP contribution < -0.4 is 0 Å². The van der Waals surface area contributed by atoms with E-state index in [9.17, 15) is 9.59 Å². The van der Waals surface area contributed by atoms with Crippen molar-refractivity contribution in [3.63, 3.8) is 0 Å². The van der Waals surface area contributed by atoms with E-state index in [1.807, 2.05) is 6.07 Å². The highest BCUT2D eigenvalue weighted by Gasteiger charge is 2.27. The Morgan fingerprint density at radius 2 is 1.91 bits per heavy atom. The van der Waals surface area contributed by atoms with E-state index in [0.717, 1.165) is 0 Å². The van der Waals surface area contributed by atoms with E-state index in [2.05, 4.69) is 0 Å². The van der Waals surface area contributed by atoms with Crippen molar-refractivity contribution >= 4 is 35.1 Å². The number of benzene rings is 1. The van der Waals surface area contributed by atoms with E-state index in [-0.39, 0.29) is 17.6 Å². The summed E-state index contributed by atoms with van der Waals surface area (Å²) >= 11 is 7.16. The minimum Gasteiger partial charge on any atom is -0.342 e. The molecule has 1 aromatic rings. The molecule has 0 unspecified atom stereocenters. The van der Waals surface area contributed by atoms with E-state index < -0.39 is 0 Å². The molecule has 116 valence electrons. The molecule has 0 spiro atoms. The Hall–Kier alpha value is -1.51. The molecule has 0 bridgehead atoms. The molecule has 0 atom stereocenters. The second-order valence-electron chi connectivity index (χ2n) is 5.18. The van der Waals surface area contributed by atoms with Gasteiger partial charge >= 0.3 is 0 Å². The quantitative estimate of drug-likeness (QED) is 0.612. The van der Waals surface area contributed by atoms with Crippen LogP contribution in [0.4, 0.5) is 0 Å². The van der Waals surface area contributed by atoms with Gasteiger partial charge in [0.15, 0.2) is 5.78 Å². The normalized spacial score (nSPS) is 15.4. The first-order valence-corrected chi connectivity index (χ1v) is 8.67. The molecule has 0 radical (unpaired) electrons. The lowest BCUT2D eigenvalue weighted by molar-refractivity contribution is -0.129. The van der Waals surface area contributed by atoms with Gasteiger partial charge in [-0.15, -0.1) is 11.8 Å². The lowest BCUT2D eigenvalue weighted by atomic mass is 9.89. The summed E-state index contributed by atoms with van der Waals surface area (Å²) in [5.74, 6) is 0.818. The third-order valence-corrected chi connectivity index (χ3v) is 4.78. The number of rotatable bonds is 5. The Bertz CT molecular complexity index is 575. The molecule has 1 aliphatic rings. The molecule has 2 rings (SSSR count). The fraction of sp³-hybridized carbons (Fsp3) is 0.438. The highest BCUT2D eigenvalue weighted by molar-refractivity contribution is 8.00. The number of Topliss-reactive ketones (excluding diaryl/α,β-unsaturated/α-hetero) is 1. The van der Waals surface area contributed by atoms with Crippen LogP contribution in [0.5, 0.6) is 0 Å². The fourth-order valence-corrected chi connectivity index (χ4v) is 3.19. The standard InChI is InChI=1S/C16H17ClN2O2S/c17-14-3-1-12(2-4-14)16(21)13-5-8-19(9-6-13)15(20)11-22-10-7-18/h1-4,13H,5-6,8-11H2. The van der Waals surface area contributed by atoms with Crippen LogP contribution in [0.15, 0.2) is 24.3 Å². The molecular formula is C16H17ClN2O2S. The van der Waals surface area contributed by atoms with Crippen LogP contribution in [-0.4, -0.2) is 41.2 Å². The topological polar surface area (TPSA) is 61.2 Å². The van der Waals surface area contributed by atoms with Crippen molar-refractivity contribution in [2.24, 2.45) is 5.92 Å². The van der Waals surface area contributed by atoms with Gasteiger partial charge in [0.25, 0.3) is 0 Å². The largest absolute Gasteiger partial charge is 0.342 e. The molecule has 0 aliphatic carbocycles. The highest BCUT2D eigenvalue weighted by Crippen LogP contribution is 2.23. The van der Waals surface area contributed by atoms with E-state index in [4.69, 9.17) is 16.9 Å². The molecule has 1 saturated heterocycles. The SMILES string of the molecule is N#CCSCC(=O)N1CCC(C(=O)c2ccc(Cl)cc2)CC1. The summed E-state index contributed by atoms with van der Waals surface area (Å²) in [5, 5.41) is 9.09. The second-order valence-corrected chi connectivity index (χ2v) is 6.60. The number of thioether (sulfide) groups is 1. The average molecular weight is 337 g/mol. The molecule has 1 fully saturated rings. The minimum atomic E-state index is -0.0306. The monoisotopic (exact) mass is 336 g/mol. The molecule has 0 saturated carbocycles. The van der Waals surface area contributed by atoms with Gasteiger partial charge in [0, 0.05) is 29.6 Å².